The zero-order valence-corrected chi connectivity index (χ0v) is 12.9. The van der Waals surface area contributed by atoms with Crippen molar-refractivity contribution in [1.82, 2.24) is 0 Å². The molecule has 0 spiro atoms. The third-order valence-electron chi connectivity index (χ3n) is 5.33. The summed E-state index contributed by atoms with van der Waals surface area (Å²) in [6.07, 6.45) is 12.2. The van der Waals surface area contributed by atoms with E-state index >= 15 is 0 Å². The summed E-state index contributed by atoms with van der Waals surface area (Å²) in [4.78, 5) is 0. The van der Waals surface area contributed by atoms with Crippen molar-refractivity contribution in [3.05, 3.63) is 0 Å². The van der Waals surface area contributed by atoms with E-state index in [1.165, 1.54) is 56.7 Å². The first-order valence-electron chi connectivity index (χ1n) is 7.79. The summed E-state index contributed by atoms with van der Waals surface area (Å²) in [5.41, 5.74) is 1.16. The fourth-order valence-corrected chi connectivity index (χ4v) is 8.73. The molecule has 16 heavy (non-hydrogen) atoms. The van der Waals surface area contributed by atoms with Crippen molar-refractivity contribution in [3.63, 3.8) is 0 Å². The van der Waals surface area contributed by atoms with Crippen LogP contribution in [0.15, 0.2) is 0 Å². The molecule has 96 valence electrons. The van der Waals surface area contributed by atoms with Gasteiger partial charge in [-0.05, 0) is 5.54 Å². The van der Waals surface area contributed by atoms with Gasteiger partial charge in [-0.15, -0.1) is 0 Å². The fourth-order valence-electron chi connectivity index (χ4n) is 3.86. The predicted molar refractivity (Wildman–Crippen MR) is 77.9 cm³/mol. The number of hydrogen-bond donors (Lipinski definition) is 0. The maximum Gasteiger partial charge on any atom is 0.0558 e. The second kappa shape index (κ2) is 7.52. The first-order valence-corrected chi connectivity index (χ1v) is 10.5. The van der Waals surface area contributed by atoms with Crippen LogP contribution in [0.5, 0.6) is 0 Å². The quantitative estimate of drug-likeness (QED) is 0.529. The first kappa shape index (κ1) is 14.3. The molecule has 0 aliphatic heterocycles. The van der Waals surface area contributed by atoms with Crippen molar-refractivity contribution in [2.75, 3.05) is 0 Å². The van der Waals surface area contributed by atoms with Gasteiger partial charge in [0.05, 0.1) is 8.07 Å². The largest absolute Gasteiger partial charge is 0.0678 e. The average molecular weight is 241 g/mol. The maximum absolute atomic E-state index is 2.48. The molecule has 0 saturated heterocycles. The van der Waals surface area contributed by atoms with E-state index < -0.39 is 8.07 Å². The molecule has 0 nitrogen and oxygen atoms in total. The highest BCUT2D eigenvalue weighted by atomic mass is 28.3. The van der Waals surface area contributed by atoms with E-state index in [4.69, 9.17) is 0 Å². The molecule has 0 aromatic rings. The topological polar surface area (TPSA) is 0 Å². The molecule has 1 fully saturated rings. The van der Waals surface area contributed by atoms with Crippen LogP contribution < -0.4 is 0 Å². The molecule has 0 heterocycles. The standard InChI is InChI=1S/C15H32Si/c1-4-16(5-2,6-3)15-13-11-9-7-8-10-12-14-15/h15H,4-14H2,1-3H3. The highest BCUT2D eigenvalue weighted by Gasteiger charge is 2.35. The Hall–Kier alpha value is 0.217. The van der Waals surface area contributed by atoms with Crippen molar-refractivity contribution >= 4 is 8.07 Å². The van der Waals surface area contributed by atoms with Gasteiger partial charge in [0.15, 0.2) is 0 Å². The van der Waals surface area contributed by atoms with Crippen LogP contribution in [0.2, 0.25) is 23.7 Å². The van der Waals surface area contributed by atoms with E-state index in [1.54, 1.807) is 12.8 Å². The molecule has 1 saturated carbocycles. The van der Waals surface area contributed by atoms with Gasteiger partial charge in [0.1, 0.15) is 0 Å². The van der Waals surface area contributed by atoms with Gasteiger partial charge in [-0.2, -0.15) is 0 Å². The molecule has 1 rings (SSSR count). The summed E-state index contributed by atoms with van der Waals surface area (Å²) >= 11 is 0. The van der Waals surface area contributed by atoms with E-state index in [9.17, 15) is 0 Å². The Morgan fingerprint density at radius 3 is 1.44 bits per heavy atom. The van der Waals surface area contributed by atoms with Crippen molar-refractivity contribution < 1.29 is 0 Å². The lowest BCUT2D eigenvalue weighted by Crippen LogP contribution is -2.37. The molecule has 1 aliphatic carbocycles. The summed E-state index contributed by atoms with van der Waals surface area (Å²) in [6, 6.07) is 4.60. The van der Waals surface area contributed by atoms with Crippen LogP contribution in [0.1, 0.15) is 72.1 Å². The number of rotatable bonds is 4. The van der Waals surface area contributed by atoms with Crippen molar-refractivity contribution in [3.8, 4) is 0 Å². The van der Waals surface area contributed by atoms with Crippen LogP contribution in [-0.2, 0) is 0 Å². The average Bonchev–Trinajstić information content (AvgIpc) is 2.46. The molecule has 0 aromatic heterocycles. The van der Waals surface area contributed by atoms with Gasteiger partial charge >= 0.3 is 0 Å². The Morgan fingerprint density at radius 2 is 1.06 bits per heavy atom. The van der Waals surface area contributed by atoms with Crippen molar-refractivity contribution in [2.24, 2.45) is 0 Å². The van der Waals surface area contributed by atoms with Gasteiger partial charge in [0.25, 0.3) is 0 Å². The molecule has 0 amide bonds. The predicted octanol–water partition coefficient (Wildman–Crippen LogP) is 6.00. The van der Waals surface area contributed by atoms with Gasteiger partial charge in [-0.1, -0.05) is 90.3 Å². The molecule has 1 aliphatic rings. The van der Waals surface area contributed by atoms with Crippen LogP contribution in [0, 0.1) is 0 Å². The molecular weight excluding hydrogens is 208 g/mol. The molecule has 0 bridgehead atoms. The van der Waals surface area contributed by atoms with E-state index in [1.807, 2.05) is 0 Å². The maximum atomic E-state index is 2.48. The summed E-state index contributed by atoms with van der Waals surface area (Å²) in [7, 11) is -0.894. The zero-order chi connectivity index (χ0) is 11.9. The fraction of sp³-hybridized carbons (Fsp3) is 1.00. The van der Waals surface area contributed by atoms with Gasteiger partial charge in [-0.3, -0.25) is 0 Å². The molecule has 0 N–H and O–H groups in total. The van der Waals surface area contributed by atoms with Gasteiger partial charge in [0.2, 0.25) is 0 Å². The Kier molecular flexibility index (Phi) is 6.72. The van der Waals surface area contributed by atoms with Gasteiger partial charge < -0.3 is 0 Å². The molecule has 1 heteroatoms. The summed E-state index contributed by atoms with van der Waals surface area (Å²) < 4.78 is 0. The summed E-state index contributed by atoms with van der Waals surface area (Å²) in [5.74, 6) is 0. The Bertz CT molecular complexity index is 154. The van der Waals surface area contributed by atoms with Crippen LogP contribution in [-0.4, -0.2) is 8.07 Å². The second-order valence-corrected chi connectivity index (χ2v) is 11.5. The highest BCUT2D eigenvalue weighted by molar-refractivity contribution is 6.81. The second-order valence-electron chi connectivity index (χ2n) is 5.82. The monoisotopic (exact) mass is 240 g/mol. The lowest BCUT2D eigenvalue weighted by molar-refractivity contribution is 0.597. The lowest BCUT2D eigenvalue weighted by atomic mass is 10.1. The summed E-state index contributed by atoms with van der Waals surface area (Å²) in [5, 5.41) is 0. The van der Waals surface area contributed by atoms with Gasteiger partial charge in [-0.25, -0.2) is 0 Å². The lowest BCUT2D eigenvalue weighted by Gasteiger charge is -2.37. The molecule has 0 atom stereocenters. The number of hydrogen-bond acceptors (Lipinski definition) is 0. The third-order valence-corrected chi connectivity index (χ3v) is 11.9. The van der Waals surface area contributed by atoms with Crippen LogP contribution in [0.4, 0.5) is 0 Å². The van der Waals surface area contributed by atoms with Gasteiger partial charge in [0, 0.05) is 0 Å². The highest BCUT2D eigenvalue weighted by Crippen LogP contribution is 2.41. The molecule has 0 aromatic carbocycles. The first-order chi connectivity index (χ1) is 7.79. The third kappa shape index (κ3) is 3.61. The van der Waals surface area contributed by atoms with E-state index in [0.29, 0.717) is 0 Å². The smallest absolute Gasteiger partial charge is 0.0558 e. The Balaban J connectivity index is 2.63. The minimum Gasteiger partial charge on any atom is -0.0678 e. The minimum absolute atomic E-state index is 0.894. The van der Waals surface area contributed by atoms with Crippen LogP contribution in [0.3, 0.4) is 0 Å². The minimum atomic E-state index is -0.894. The van der Waals surface area contributed by atoms with Crippen LogP contribution >= 0.6 is 0 Å². The SMILES string of the molecule is CC[Si](CC)(CC)C1CCCCCCCC1. The van der Waals surface area contributed by atoms with E-state index in [-0.39, 0.29) is 0 Å². The normalized spacial score (nSPS) is 21.2. The zero-order valence-electron chi connectivity index (χ0n) is 11.9. The molecular formula is C15H32Si. The van der Waals surface area contributed by atoms with Crippen molar-refractivity contribution in [2.45, 2.75) is 95.8 Å². The van der Waals surface area contributed by atoms with Crippen molar-refractivity contribution in [1.29, 1.82) is 0 Å². The summed E-state index contributed by atoms with van der Waals surface area (Å²) in [6.45, 7) is 7.43. The Morgan fingerprint density at radius 1 is 0.688 bits per heavy atom. The molecule has 0 radical (unpaired) electrons. The van der Waals surface area contributed by atoms with Crippen LogP contribution in [0.25, 0.3) is 0 Å². The Labute approximate surface area is 104 Å². The van der Waals surface area contributed by atoms with E-state index in [0.717, 1.165) is 5.54 Å². The van der Waals surface area contributed by atoms with E-state index in [2.05, 4.69) is 20.8 Å². The molecule has 0 unspecified atom stereocenters.